The van der Waals surface area contributed by atoms with E-state index in [9.17, 15) is 5.11 Å². The van der Waals surface area contributed by atoms with Crippen LogP contribution >= 0.6 is 0 Å². The predicted molar refractivity (Wildman–Crippen MR) is 69.8 cm³/mol. The minimum absolute atomic E-state index is 0.0433. The van der Waals surface area contributed by atoms with Gasteiger partial charge in [0, 0.05) is 11.6 Å². The third kappa shape index (κ3) is 3.77. The maximum atomic E-state index is 9.28. The highest BCUT2D eigenvalue weighted by Crippen LogP contribution is 2.36. The Morgan fingerprint density at radius 2 is 1.65 bits per heavy atom. The molecule has 0 bridgehead atoms. The lowest BCUT2D eigenvalue weighted by Crippen LogP contribution is -2.27. The minimum atomic E-state index is -0.170. The first-order valence-electron chi connectivity index (χ1n) is 5.75. The maximum Gasteiger partial charge on any atom is 0.115 e. The SMILES string of the molecule is CC(C)(/C=N/O)CC(C)(C)c1ccc(O)cc1. The minimum Gasteiger partial charge on any atom is -0.508 e. The molecule has 0 atom stereocenters. The Labute approximate surface area is 103 Å². The molecule has 3 heteroatoms. The normalized spacial score (nSPS) is 13.2. The molecule has 0 fully saturated rings. The zero-order valence-corrected chi connectivity index (χ0v) is 10.9. The molecule has 0 aromatic heterocycles. The average molecular weight is 235 g/mol. The number of hydrogen-bond donors (Lipinski definition) is 2. The van der Waals surface area contributed by atoms with Gasteiger partial charge in [-0.05, 0) is 29.5 Å². The molecule has 1 rings (SSSR count). The summed E-state index contributed by atoms with van der Waals surface area (Å²) in [4.78, 5) is 0. The molecule has 0 radical (unpaired) electrons. The number of benzene rings is 1. The van der Waals surface area contributed by atoms with Gasteiger partial charge >= 0.3 is 0 Å². The first-order valence-corrected chi connectivity index (χ1v) is 5.75. The van der Waals surface area contributed by atoms with Crippen LogP contribution in [-0.4, -0.2) is 16.5 Å². The van der Waals surface area contributed by atoms with E-state index in [4.69, 9.17) is 5.21 Å². The monoisotopic (exact) mass is 235 g/mol. The van der Waals surface area contributed by atoms with Crippen molar-refractivity contribution in [2.45, 2.75) is 39.5 Å². The van der Waals surface area contributed by atoms with Crippen molar-refractivity contribution in [2.24, 2.45) is 10.6 Å². The van der Waals surface area contributed by atoms with Crippen molar-refractivity contribution in [3.8, 4) is 5.75 Å². The number of hydrogen-bond acceptors (Lipinski definition) is 3. The fourth-order valence-electron chi connectivity index (χ4n) is 2.36. The first-order chi connectivity index (χ1) is 7.77. The number of phenolic OH excluding ortho intramolecular Hbond substituents is 1. The van der Waals surface area contributed by atoms with Crippen molar-refractivity contribution >= 4 is 6.21 Å². The van der Waals surface area contributed by atoms with Crippen LogP contribution in [0.4, 0.5) is 0 Å². The third-order valence-electron chi connectivity index (χ3n) is 2.95. The van der Waals surface area contributed by atoms with Gasteiger partial charge in [-0.1, -0.05) is 39.8 Å². The topological polar surface area (TPSA) is 52.8 Å². The molecule has 0 saturated heterocycles. The van der Waals surface area contributed by atoms with Crippen LogP contribution in [0, 0.1) is 5.41 Å². The lowest BCUT2D eigenvalue weighted by Gasteiger charge is -2.32. The van der Waals surface area contributed by atoms with E-state index in [1.54, 1.807) is 18.3 Å². The standard InChI is InChI=1S/C14H21NO2/c1-13(2,10-15-17)9-14(3,4)11-5-7-12(16)8-6-11/h5-8,10,16-17H,9H2,1-4H3/b15-10+. The van der Waals surface area contributed by atoms with Crippen LogP contribution in [0.15, 0.2) is 29.4 Å². The zero-order chi connectivity index (χ0) is 13.1. The molecule has 3 nitrogen and oxygen atoms in total. The molecule has 0 spiro atoms. The van der Waals surface area contributed by atoms with Crippen LogP contribution in [0.1, 0.15) is 39.7 Å². The van der Waals surface area contributed by atoms with Crippen LogP contribution in [0.5, 0.6) is 5.75 Å². The Hall–Kier alpha value is -1.51. The van der Waals surface area contributed by atoms with Crippen LogP contribution in [0.3, 0.4) is 0 Å². The molecule has 0 heterocycles. The predicted octanol–water partition coefficient (Wildman–Crippen LogP) is 3.55. The van der Waals surface area contributed by atoms with Crippen molar-refractivity contribution < 1.29 is 10.3 Å². The van der Waals surface area contributed by atoms with E-state index in [0.717, 1.165) is 12.0 Å². The van der Waals surface area contributed by atoms with E-state index in [0.29, 0.717) is 0 Å². The van der Waals surface area contributed by atoms with Gasteiger partial charge < -0.3 is 10.3 Å². The Bertz CT molecular complexity index is 391. The van der Waals surface area contributed by atoms with Gasteiger partial charge in [0.1, 0.15) is 5.75 Å². The first kappa shape index (κ1) is 13.6. The highest BCUT2D eigenvalue weighted by molar-refractivity contribution is 5.64. The summed E-state index contributed by atoms with van der Waals surface area (Å²) in [6.45, 7) is 8.36. The van der Waals surface area contributed by atoms with Crippen molar-refractivity contribution in [1.29, 1.82) is 0 Å². The molecule has 0 aliphatic carbocycles. The summed E-state index contributed by atoms with van der Waals surface area (Å²) in [5.74, 6) is 0.278. The summed E-state index contributed by atoms with van der Waals surface area (Å²) in [5, 5.41) is 21.1. The Kier molecular flexibility index (Phi) is 3.81. The molecule has 2 N–H and O–H groups in total. The molecular formula is C14H21NO2. The summed E-state index contributed by atoms with van der Waals surface area (Å²) in [7, 11) is 0. The molecule has 1 aromatic carbocycles. The van der Waals surface area contributed by atoms with Gasteiger partial charge in [0.25, 0.3) is 0 Å². The summed E-state index contributed by atoms with van der Waals surface area (Å²) >= 11 is 0. The summed E-state index contributed by atoms with van der Waals surface area (Å²) in [5.41, 5.74) is 0.948. The third-order valence-corrected chi connectivity index (χ3v) is 2.95. The van der Waals surface area contributed by atoms with Gasteiger partial charge in [-0.25, -0.2) is 0 Å². The maximum absolute atomic E-state index is 9.28. The Morgan fingerprint density at radius 3 is 2.12 bits per heavy atom. The van der Waals surface area contributed by atoms with Gasteiger partial charge in [0.15, 0.2) is 0 Å². The summed E-state index contributed by atoms with van der Waals surface area (Å²) in [6, 6.07) is 7.26. The van der Waals surface area contributed by atoms with E-state index in [2.05, 4.69) is 19.0 Å². The van der Waals surface area contributed by atoms with Crippen LogP contribution in [-0.2, 0) is 5.41 Å². The molecule has 0 amide bonds. The smallest absolute Gasteiger partial charge is 0.115 e. The van der Waals surface area contributed by atoms with Crippen molar-refractivity contribution in [2.75, 3.05) is 0 Å². The van der Waals surface area contributed by atoms with Crippen molar-refractivity contribution in [3.63, 3.8) is 0 Å². The van der Waals surface area contributed by atoms with E-state index in [1.807, 2.05) is 26.0 Å². The van der Waals surface area contributed by atoms with Gasteiger partial charge in [-0.2, -0.15) is 0 Å². The highest BCUT2D eigenvalue weighted by atomic mass is 16.4. The van der Waals surface area contributed by atoms with Gasteiger partial charge in [0.05, 0.1) is 0 Å². The van der Waals surface area contributed by atoms with Crippen molar-refractivity contribution in [3.05, 3.63) is 29.8 Å². The van der Waals surface area contributed by atoms with E-state index in [1.165, 1.54) is 0 Å². The molecule has 0 unspecified atom stereocenters. The van der Waals surface area contributed by atoms with Crippen molar-refractivity contribution in [1.82, 2.24) is 0 Å². The van der Waals surface area contributed by atoms with Gasteiger partial charge in [-0.3, -0.25) is 0 Å². The summed E-state index contributed by atoms with van der Waals surface area (Å²) < 4.78 is 0. The second-order valence-corrected chi connectivity index (χ2v) is 5.84. The van der Waals surface area contributed by atoms with Gasteiger partial charge in [-0.15, -0.1) is 5.16 Å². The van der Waals surface area contributed by atoms with Crippen LogP contribution < -0.4 is 0 Å². The number of oxime groups is 1. The second kappa shape index (κ2) is 4.78. The quantitative estimate of drug-likeness (QED) is 0.476. The largest absolute Gasteiger partial charge is 0.508 e. The Morgan fingerprint density at radius 1 is 1.12 bits per heavy atom. The number of phenols is 1. The molecule has 0 aliphatic heterocycles. The second-order valence-electron chi connectivity index (χ2n) is 5.84. The molecule has 1 aromatic rings. The van der Waals surface area contributed by atoms with Gasteiger partial charge in [0.2, 0.25) is 0 Å². The summed E-state index contributed by atoms with van der Waals surface area (Å²) in [6.07, 6.45) is 2.42. The van der Waals surface area contributed by atoms with Crippen LogP contribution in [0.25, 0.3) is 0 Å². The molecule has 17 heavy (non-hydrogen) atoms. The molecule has 0 aliphatic rings. The number of aromatic hydroxyl groups is 1. The van der Waals surface area contributed by atoms with Crippen LogP contribution in [0.2, 0.25) is 0 Å². The number of nitrogens with zero attached hydrogens (tertiary/aromatic N) is 1. The van der Waals surface area contributed by atoms with E-state index >= 15 is 0 Å². The zero-order valence-electron chi connectivity index (χ0n) is 10.9. The molecule has 0 saturated carbocycles. The fourth-order valence-corrected chi connectivity index (χ4v) is 2.36. The van der Waals surface area contributed by atoms with E-state index < -0.39 is 0 Å². The highest BCUT2D eigenvalue weighted by Gasteiger charge is 2.29. The van der Waals surface area contributed by atoms with E-state index in [-0.39, 0.29) is 16.6 Å². The lowest BCUT2D eigenvalue weighted by molar-refractivity contribution is 0.299. The molecule has 94 valence electrons. The fraction of sp³-hybridized carbons (Fsp3) is 0.500. The average Bonchev–Trinajstić information content (AvgIpc) is 2.16. The molecular weight excluding hydrogens is 214 g/mol. The number of rotatable bonds is 4. The Balaban J connectivity index is 2.91. The lowest BCUT2D eigenvalue weighted by atomic mass is 9.72.